The van der Waals surface area contributed by atoms with Crippen LogP contribution in [0, 0.1) is 6.92 Å². The second-order valence-electron chi connectivity index (χ2n) is 4.58. The van der Waals surface area contributed by atoms with Gasteiger partial charge in [-0.1, -0.05) is 42.0 Å². The van der Waals surface area contributed by atoms with Crippen molar-refractivity contribution in [2.24, 2.45) is 0 Å². The Morgan fingerprint density at radius 1 is 1.00 bits per heavy atom. The molecule has 0 amide bonds. The molecule has 0 fully saturated rings. The third kappa shape index (κ3) is 3.90. The fourth-order valence-corrected chi connectivity index (χ4v) is 1.95. The van der Waals surface area contributed by atoms with Gasteiger partial charge >= 0.3 is 0 Å². The first-order chi connectivity index (χ1) is 8.74. The van der Waals surface area contributed by atoms with E-state index in [4.69, 9.17) is 0 Å². The normalized spacial score (nSPS) is 10.5. The Kier molecular flexibility index (Phi) is 4.37. The van der Waals surface area contributed by atoms with E-state index in [0.717, 1.165) is 19.5 Å². The predicted molar refractivity (Wildman–Crippen MR) is 74.7 cm³/mol. The molecule has 0 spiro atoms. The maximum atomic E-state index is 9.19. The zero-order chi connectivity index (χ0) is 12.8. The summed E-state index contributed by atoms with van der Waals surface area (Å²) in [4.78, 5) is 0. The Morgan fingerprint density at radius 2 is 1.78 bits per heavy atom. The van der Waals surface area contributed by atoms with Gasteiger partial charge in [0.15, 0.2) is 0 Å². The highest BCUT2D eigenvalue weighted by molar-refractivity contribution is 5.26. The van der Waals surface area contributed by atoms with Crippen molar-refractivity contribution in [2.75, 3.05) is 6.54 Å². The number of nitrogens with one attached hydrogen (secondary N) is 1. The zero-order valence-corrected chi connectivity index (χ0v) is 10.7. The van der Waals surface area contributed by atoms with Crippen molar-refractivity contribution >= 4 is 0 Å². The van der Waals surface area contributed by atoms with Crippen molar-refractivity contribution in [3.05, 3.63) is 65.2 Å². The lowest BCUT2D eigenvalue weighted by molar-refractivity contribution is 0.475. The van der Waals surface area contributed by atoms with Gasteiger partial charge in [-0.05, 0) is 43.1 Å². The van der Waals surface area contributed by atoms with Gasteiger partial charge in [0, 0.05) is 6.54 Å². The minimum absolute atomic E-state index is 0.325. The topological polar surface area (TPSA) is 32.3 Å². The average molecular weight is 241 g/mol. The first-order valence-electron chi connectivity index (χ1n) is 6.28. The molecule has 0 aliphatic carbocycles. The molecule has 0 bridgehead atoms. The number of hydrogen-bond donors (Lipinski definition) is 2. The second-order valence-corrected chi connectivity index (χ2v) is 4.58. The van der Waals surface area contributed by atoms with Crippen LogP contribution in [0.25, 0.3) is 0 Å². The number of aryl methyl sites for hydroxylation is 1. The molecular weight excluding hydrogens is 222 g/mol. The molecule has 0 saturated carbocycles. The predicted octanol–water partition coefficient (Wildman–Crippen LogP) is 3.03. The van der Waals surface area contributed by atoms with Gasteiger partial charge in [-0.2, -0.15) is 0 Å². The van der Waals surface area contributed by atoms with E-state index < -0.39 is 0 Å². The maximum Gasteiger partial charge on any atom is 0.115 e. The highest BCUT2D eigenvalue weighted by Crippen LogP contribution is 2.09. The number of aromatic hydroxyl groups is 1. The number of phenols is 1. The fourth-order valence-electron chi connectivity index (χ4n) is 1.95. The van der Waals surface area contributed by atoms with E-state index in [9.17, 15) is 5.11 Å². The Hall–Kier alpha value is -1.80. The molecule has 0 aliphatic heterocycles. The van der Waals surface area contributed by atoms with E-state index in [0.29, 0.717) is 5.75 Å². The van der Waals surface area contributed by atoms with Crippen LogP contribution in [0.3, 0.4) is 0 Å². The molecule has 2 heteroatoms. The Balaban J connectivity index is 1.74. The highest BCUT2D eigenvalue weighted by Gasteiger charge is 1.95. The zero-order valence-electron chi connectivity index (χ0n) is 10.7. The number of benzene rings is 2. The van der Waals surface area contributed by atoms with Crippen LogP contribution in [0.15, 0.2) is 48.5 Å². The lowest BCUT2D eigenvalue weighted by Crippen LogP contribution is -2.16. The summed E-state index contributed by atoms with van der Waals surface area (Å²) in [5.74, 6) is 0.325. The van der Waals surface area contributed by atoms with E-state index in [1.807, 2.05) is 12.1 Å². The summed E-state index contributed by atoms with van der Waals surface area (Å²) in [6.07, 6.45) is 0.978. The minimum Gasteiger partial charge on any atom is -0.508 e. The molecule has 0 unspecified atom stereocenters. The summed E-state index contributed by atoms with van der Waals surface area (Å²) in [7, 11) is 0. The minimum atomic E-state index is 0.325. The molecule has 0 aromatic heterocycles. The van der Waals surface area contributed by atoms with Gasteiger partial charge in [-0.3, -0.25) is 0 Å². The summed E-state index contributed by atoms with van der Waals surface area (Å²) in [5.41, 5.74) is 3.86. The molecule has 0 aliphatic rings. The van der Waals surface area contributed by atoms with Crippen LogP contribution in [0.5, 0.6) is 5.75 Å². The van der Waals surface area contributed by atoms with Crippen LogP contribution in [-0.2, 0) is 13.0 Å². The van der Waals surface area contributed by atoms with Gasteiger partial charge in [0.05, 0.1) is 0 Å². The van der Waals surface area contributed by atoms with Gasteiger partial charge in [-0.25, -0.2) is 0 Å². The smallest absolute Gasteiger partial charge is 0.115 e. The first kappa shape index (κ1) is 12.7. The molecule has 0 heterocycles. The van der Waals surface area contributed by atoms with Crippen LogP contribution < -0.4 is 5.32 Å². The molecule has 18 heavy (non-hydrogen) atoms. The number of hydrogen-bond acceptors (Lipinski definition) is 2. The van der Waals surface area contributed by atoms with Crippen molar-refractivity contribution in [2.45, 2.75) is 19.9 Å². The van der Waals surface area contributed by atoms with Crippen molar-refractivity contribution in [1.29, 1.82) is 0 Å². The van der Waals surface area contributed by atoms with Gasteiger partial charge in [0.2, 0.25) is 0 Å². The molecule has 2 nitrogen and oxygen atoms in total. The summed E-state index contributed by atoms with van der Waals surface area (Å²) < 4.78 is 0. The van der Waals surface area contributed by atoms with Crippen molar-refractivity contribution in [1.82, 2.24) is 5.32 Å². The number of rotatable bonds is 5. The van der Waals surface area contributed by atoms with E-state index in [1.54, 1.807) is 12.1 Å². The monoisotopic (exact) mass is 241 g/mol. The summed E-state index contributed by atoms with van der Waals surface area (Å²) in [5, 5.41) is 12.6. The van der Waals surface area contributed by atoms with Gasteiger partial charge in [0.1, 0.15) is 5.75 Å². The van der Waals surface area contributed by atoms with Crippen molar-refractivity contribution in [3.8, 4) is 5.75 Å². The van der Waals surface area contributed by atoms with Crippen LogP contribution in [0.4, 0.5) is 0 Å². The third-order valence-corrected chi connectivity index (χ3v) is 2.94. The Morgan fingerprint density at radius 3 is 2.50 bits per heavy atom. The number of phenolic OH excluding ortho intramolecular Hbond substituents is 1. The van der Waals surface area contributed by atoms with Gasteiger partial charge in [0.25, 0.3) is 0 Å². The Labute approximate surface area is 108 Å². The third-order valence-electron chi connectivity index (χ3n) is 2.94. The SMILES string of the molecule is Cc1cccc(CNCCc2ccc(O)cc2)c1. The second kappa shape index (κ2) is 6.22. The lowest BCUT2D eigenvalue weighted by atomic mass is 10.1. The van der Waals surface area contributed by atoms with Gasteiger partial charge < -0.3 is 10.4 Å². The Bertz CT molecular complexity index is 491. The summed E-state index contributed by atoms with van der Waals surface area (Å²) >= 11 is 0. The van der Waals surface area contributed by atoms with Crippen LogP contribution >= 0.6 is 0 Å². The van der Waals surface area contributed by atoms with E-state index in [-0.39, 0.29) is 0 Å². The molecular formula is C16H19NO. The maximum absolute atomic E-state index is 9.19. The molecule has 0 saturated heterocycles. The largest absolute Gasteiger partial charge is 0.508 e. The van der Waals surface area contributed by atoms with Crippen LogP contribution in [0.1, 0.15) is 16.7 Å². The molecule has 2 N–H and O–H groups in total. The molecule has 2 rings (SSSR count). The molecule has 0 radical (unpaired) electrons. The average Bonchev–Trinajstić information content (AvgIpc) is 2.37. The van der Waals surface area contributed by atoms with E-state index >= 15 is 0 Å². The molecule has 2 aromatic rings. The molecule has 0 atom stereocenters. The van der Waals surface area contributed by atoms with Crippen LogP contribution in [0.2, 0.25) is 0 Å². The van der Waals surface area contributed by atoms with Crippen LogP contribution in [-0.4, -0.2) is 11.7 Å². The quantitative estimate of drug-likeness (QED) is 0.789. The van der Waals surface area contributed by atoms with E-state index in [1.165, 1.54) is 16.7 Å². The molecule has 2 aromatic carbocycles. The summed E-state index contributed by atoms with van der Waals surface area (Å²) in [6, 6.07) is 15.9. The lowest BCUT2D eigenvalue weighted by Gasteiger charge is -2.06. The fraction of sp³-hybridized carbons (Fsp3) is 0.250. The highest BCUT2D eigenvalue weighted by atomic mass is 16.3. The standard InChI is InChI=1S/C16H19NO/c1-13-3-2-4-15(11-13)12-17-10-9-14-5-7-16(18)8-6-14/h2-8,11,17-18H,9-10,12H2,1H3. The molecule has 94 valence electrons. The van der Waals surface area contributed by atoms with E-state index in [2.05, 4.69) is 36.5 Å². The van der Waals surface area contributed by atoms with Gasteiger partial charge in [-0.15, -0.1) is 0 Å². The summed E-state index contributed by atoms with van der Waals surface area (Å²) in [6.45, 7) is 3.96. The first-order valence-corrected chi connectivity index (χ1v) is 6.28. The van der Waals surface area contributed by atoms with Crippen molar-refractivity contribution < 1.29 is 5.11 Å². The van der Waals surface area contributed by atoms with Crippen molar-refractivity contribution in [3.63, 3.8) is 0 Å².